The van der Waals surface area contributed by atoms with E-state index < -0.39 is 0 Å². The number of aromatic nitrogens is 3. The Bertz CT molecular complexity index is 351. The molecule has 0 saturated carbocycles. The van der Waals surface area contributed by atoms with Gasteiger partial charge < -0.3 is 10.1 Å². The number of thioether (sulfide) groups is 1. The van der Waals surface area contributed by atoms with Crippen LogP contribution >= 0.6 is 11.8 Å². The number of nitrogens with one attached hydrogen (secondary N) is 2. The van der Waals surface area contributed by atoms with Gasteiger partial charge in [0.15, 0.2) is 0 Å². The van der Waals surface area contributed by atoms with E-state index >= 15 is 0 Å². The third kappa shape index (κ3) is 5.37. The minimum atomic E-state index is 0.284. The molecule has 1 heterocycles. The molecule has 0 fully saturated rings. The fraction of sp³-hybridized carbons (Fsp3) is 0.700. The molecule has 0 bridgehead atoms. The van der Waals surface area contributed by atoms with E-state index in [0.29, 0.717) is 18.5 Å². The van der Waals surface area contributed by atoms with Crippen LogP contribution in [0.15, 0.2) is 0 Å². The minimum absolute atomic E-state index is 0.284. The molecule has 8 heteroatoms. The van der Waals surface area contributed by atoms with Crippen LogP contribution in [-0.4, -0.2) is 40.1 Å². The lowest BCUT2D eigenvalue weighted by Crippen LogP contribution is -2.15. The van der Waals surface area contributed by atoms with Crippen molar-refractivity contribution in [1.29, 1.82) is 0 Å². The lowest BCUT2D eigenvalue weighted by Gasteiger charge is -2.08. The Kier molecular flexibility index (Phi) is 7.19. The molecule has 4 N–H and O–H groups in total. The number of hydrogen-bond acceptors (Lipinski definition) is 8. The fourth-order valence-electron chi connectivity index (χ4n) is 1.17. The molecule has 102 valence electrons. The van der Waals surface area contributed by atoms with Crippen LogP contribution in [0.3, 0.4) is 0 Å². The average molecular weight is 272 g/mol. The standard InChI is InChI=1S/C10H20N6OS/c1-3-6-17-10-14-8(12-5-4-7-18-2)13-9(15-10)16-11/h3-7,11H2,1-2H3,(H2,12,13,14,15,16). The Morgan fingerprint density at radius 3 is 2.72 bits per heavy atom. The highest BCUT2D eigenvalue weighted by Gasteiger charge is 2.06. The van der Waals surface area contributed by atoms with Crippen LogP contribution < -0.4 is 21.3 Å². The van der Waals surface area contributed by atoms with Crippen molar-refractivity contribution in [3.8, 4) is 6.01 Å². The van der Waals surface area contributed by atoms with Gasteiger partial charge in [0.1, 0.15) is 0 Å². The molecule has 0 aliphatic carbocycles. The van der Waals surface area contributed by atoms with Crippen LogP contribution in [0.1, 0.15) is 19.8 Å². The van der Waals surface area contributed by atoms with Crippen molar-refractivity contribution >= 4 is 23.7 Å². The molecule has 0 radical (unpaired) electrons. The third-order valence-electron chi connectivity index (χ3n) is 1.99. The first-order chi connectivity index (χ1) is 8.80. The predicted octanol–water partition coefficient (Wildman–Crippen LogP) is 1.11. The molecule has 1 rings (SSSR count). The van der Waals surface area contributed by atoms with Crippen LogP contribution in [0.2, 0.25) is 0 Å². The molecule has 0 unspecified atom stereocenters. The van der Waals surface area contributed by atoms with Crippen molar-refractivity contribution in [3.05, 3.63) is 0 Å². The topological polar surface area (TPSA) is 98.0 Å². The number of hydrazine groups is 1. The molecule has 0 saturated heterocycles. The van der Waals surface area contributed by atoms with Gasteiger partial charge in [-0.3, -0.25) is 5.43 Å². The Hall–Kier alpha value is -1.28. The zero-order valence-corrected chi connectivity index (χ0v) is 11.6. The van der Waals surface area contributed by atoms with Gasteiger partial charge in [0.25, 0.3) is 0 Å². The summed E-state index contributed by atoms with van der Waals surface area (Å²) in [4.78, 5) is 12.3. The van der Waals surface area contributed by atoms with Crippen molar-refractivity contribution in [2.45, 2.75) is 19.8 Å². The monoisotopic (exact) mass is 272 g/mol. The van der Waals surface area contributed by atoms with Crippen molar-refractivity contribution in [2.75, 3.05) is 35.9 Å². The first-order valence-electron chi connectivity index (χ1n) is 5.88. The van der Waals surface area contributed by atoms with E-state index in [9.17, 15) is 0 Å². The second-order valence-electron chi connectivity index (χ2n) is 3.53. The predicted molar refractivity (Wildman–Crippen MR) is 74.9 cm³/mol. The summed E-state index contributed by atoms with van der Waals surface area (Å²) in [5.74, 6) is 7.17. The van der Waals surface area contributed by atoms with Crippen molar-refractivity contribution in [2.24, 2.45) is 5.84 Å². The summed E-state index contributed by atoms with van der Waals surface area (Å²) in [5.41, 5.74) is 2.40. The molecule has 0 spiro atoms. The van der Waals surface area contributed by atoms with E-state index in [4.69, 9.17) is 10.6 Å². The van der Waals surface area contributed by atoms with Crippen molar-refractivity contribution < 1.29 is 4.74 Å². The van der Waals surface area contributed by atoms with E-state index in [1.54, 1.807) is 0 Å². The molecule has 7 nitrogen and oxygen atoms in total. The second kappa shape index (κ2) is 8.76. The zero-order chi connectivity index (χ0) is 13.2. The molecular formula is C10H20N6OS. The Labute approximate surface area is 111 Å². The van der Waals surface area contributed by atoms with Crippen LogP contribution in [-0.2, 0) is 0 Å². The maximum atomic E-state index is 5.36. The fourth-order valence-corrected chi connectivity index (χ4v) is 1.61. The number of anilines is 2. The van der Waals surface area contributed by atoms with Gasteiger partial charge >= 0.3 is 6.01 Å². The number of nitrogens with zero attached hydrogens (tertiary/aromatic N) is 3. The molecule has 0 aliphatic rings. The summed E-state index contributed by atoms with van der Waals surface area (Å²) >= 11 is 1.81. The smallest absolute Gasteiger partial charge is 0.323 e. The number of rotatable bonds is 9. The Balaban J connectivity index is 2.58. The molecule has 0 amide bonds. The molecule has 0 aromatic carbocycles. The summed E-state index contributed by atoms with van der Waals surface area (Å²) in [7, 11) is 0. The molecule has 1 aromatic heterocycles. The number of nitrogen functional groups attached to an aromatic ring is 1. The maximum absolute atomic E-state index is 5.36. The van der Waals surface area contributed by atoms with Gasteiger partial charge in [-0.05, 0) is 24.9 Å². The third-order valence-corrected chi connectivity index (χ3v) is 2.68. The summed E-state index contributed by atoms with van der Waals surface area (Å²) < 4.78 is 5.36. The van der Waals surface area contributed by atoms with E-state index in [1.165, 1.54) is 0 Å². The maximum Gasteiger partial charge on any atom is 0.323 e. The van der Waals surface area contributed by atoms with Gasteiger partial charge in [0.05, 0.1) is 6.61 Å². The SMILES string of the molecule is CCCOc1nc(NN)nc(NCCCSC)n1. The van der Waals surface area contributed by atoms with Crippen molar-refractivity contribution in [1.82, 2.24) is 15.0 Å². The van der Waals surface area contributed by atoms with Gasteiger partial charge in [0, 0.05) is 6.54 Å². The van der Waals surface area contributed by atoms with Gasteiger partial charge in [-0.15, -0.1) is 0 Å². The van der Waals surface area contributed by atoms with Crippen LogP contribution in [0, 0.1) is 0 Å². The Morgan fingerprint density at radius 2 is 2.06 bits per heavy atom. The first kappa shape index (κ1) is 14.8. The Morgan fingerprint density at radius 1 is 1.28 bits per heavy atom. The largest absolute Gasteiger partial charge is 0.463 e. The van der Waals surface area contributed by atoms with Gasteiger partial charge in [-0.2, -0.15) is 26.7 Å². The summed E-state index contributed by atoms with van der Waals surface area (Å²) in [6, 6.07) is 0.284. The van der Waals surface area contributed by atoms with E-state index in [-0.39, 0.29) is 6.01 Å². The molecule has 18 heavy (non-hydrogen) atoms. The highest BCUT2D eigenvalue weighted by atomic mass is 32.2. The van der Waals surface area contributed by atoms with Gasteiger partial charge in [0.2, 0.25) is 11.9 Å². The number of hydrogen-bond donors (Lipinski definition) is 3. The van der Waals surface area contributed by atoms with Gasteiger partial charge in [-0.1, -0.05) is 6.92 Å². The molecule has 0 aliphatic heterocycles. The highest BCUT2D eigenvalue weighted by Crippen LogP contribution is 2.10. The van der Waals surface area contributed by atoms with Crippen LogP contribution in [0.25, 0.3) is 0 Å². The average Bonchev–Trinajstić information content (AvgIpc) is 2.41. The van der Waals surface area contributed by atoms with E-state index in [1.807, 2.05) is 18.7 Å². The van der Waals surface area contributed by atoms with E-state index in [2.05, 4.69) is 32.0 Å². The summed E-state index contributed by atoms with van der Waals surface area (Å²) in [6.07, 6.45) is 4.02. The van der Waals surface area contributed by atoms with Crippen molar-refractivity contribution in [3.63, 3.8) is 0 Å². The normalized spacial score (nSPS) is 10.2. The van der Waals surface area contributed by atoms with Gasteiger partial charge in [-0.25, -0.2) is 5.84 Å². The first-order valence-corrected chi connectivity index (χ1v) is 7.27. The molecule has 1 aromatic rings. The summed E-state index contributed by atoms with van der Waals surface area (Å²) in [5, 5.41) is 3.12. The van der Waals surface area contributed by atoms with Crippen LogP contribution in [0.4, 0.5) is 11.9 Å². The molecular weight excluding hydrogens is 252 g/mol. The van der Waals surface area contributed by atoms with Crippen LogP contribution in [0.5, 0.6) is 6.01 Å². The lowest BCUT2D eigenvalue weighted by atomic mass is 10.5. The molecule has 0 atom stereocenters. The highest BCUT2D eigenvalue weighted by molar-refractivity contribution is 7.98. The second-order valence-corrected chi connectivity index (χ2v) is 4.52. The number of nitrogens with two attached hydrogens (primary N) is 1. The quantitative estimate of drug-likeness (QED) is 0.349. The number of ether oxygens (including phenoxy) is 1. The van der Waals surface area contributed by atoms with E-state index in [0.717, 1.165) is 25.1 Å². The lowest BCUT2D eigenvalue weighted by molar-refractivity contribution is 0.292. The summed E-state index contributed by atoms with van der Waals surface area (Å²) in [6.45, 7) is 3.40. The zero-order valence-electron chi connectivity index (χ0n) is 10.8. The minimum Gasteiger partial charge on any atom is -0.463 e.